The topological polar surface area (TPSA) is 20.2 Å². The van der Waals surface area contributed by atoms with Crippen molar-refractivity contribution < 1.29 is 5.11 Å². The molecule has 0 radical (unpaired) electrons. The molecule has 0 aromatic rings. The van der Waals surface area contributed by atoms with Crippen molar-refractivity contribution in [3.05, 3.63) is 0 Å². The molecule has 0 aliphatic heterocycles. The number of hydrogen-bond acceptors (Lipinski definition) is 1. The van der Waals surface area contributed by atoms with Crippen molar-refractivity contribution in [1.29, 1.82) is 0 Å². The van der Waals surface area contributed by atoms with E-state index in [-0.39, 0.29) is 10.9 Å². The zero-order valence-corrected chi connectivity index (χ0v) is 7.94. The minimum absolute atomic E-state index is 0.201. The van der Waals surface area contributed by atoms with E-state index >= 15 is 0 Å². The molecule has 0 aromatic heterocycles. The van der Waals surface area contributed by atoms with Crippen LogP contribution in [0.15, 0.2) is 0 Å². The molecule has 0 amide bonds. The van der Waals surface area contributed by atoms with Gasteiger partial charge in [-0.25, -0.2) is 0 Å². The van der Waals surface area contributed by atoms with Crippen LogP contribution in [0.4, 0.5) is 0 Å². The average molecular weight is 246 g/mol. The Morgan fingerprint density at radius 1 is 1.62 bits per heavy atom. The van der Waals surface area contributed by atoms with Crippen LogP contribution in [0.25, 0.3) is 0 Å². The van der Waals surface area contributed by atoms with E-state index in [1.807, 2.05) is 6.92 Å². The summed E-state index contributed by atoms with van der Waals surface area (Å²) < 4.78 is 0. The molecule has 0 rings (SSSR count). The van der Waals surface area contributed by atoms with Crippen LogP contribution in [-0.2, 0) is 0 Å². The van der Waals surface area contributed by atoms with Gasteiger partial charge in [-0.05, 0) is 6.42 Å². The monoisotopic (exact) mass is 244 g/mol. The molecular formula is C5H10Br2O. The number of hydrogen-bond donors (Lipinski definition) is 1. The summed E-state index contributed by atoms with van der Waals surface area (Å²) in [4.78, 5) is 0.201. The SMILES string of the molecule is CC[C@H](O)[C@H](Br)CBr. The lowest BCUT2D eigenvalue weighted by atomic mass is 10.2. The van der Waals surface area contributed by atoms with Crippen molar-refractivity contribution in [2.45, 2.75) is 24.3 Å². The van der Waals surface area contributed by atoms with E-state index in [4.69, 9.17) is 5.11 Å². The molecule has 0 bridgehead atoms. The summed E-state index contributed by atoms with van der Waals surface area (Å²) in [6.45, 7) is 1.96. The van der Waals surface area contributed by atoms with Crippen molar-refractivity contribution >= 4 is 31.9 Å². The first-order valence-corrected chi connectivity index (χ1v) is 4.64. The summed E-state index contributed by atoms with van der Waals surface area (Å²) in [6.07, 6.45) is 0.594. The van der Waals surface area contributed by atoms with E-state index in [1.54, 1.807) is 0 Å². The van der Waals surface area contributed by atoms with Gasteiger partial charge < -0.3 is 5.11 Å². The average Bonchev–Trinajstić information content (AvgIpc) is 1.84. The zero-order valence-electron chi connectivity index (χ0n) is 4.77. The highest BCUT2D eigenvalue weighted by Crippen LogP contribution is 2.10. The van der Waals surface area contributed by atoms with Crippen LogP contribution in [-0.4, -0.2) is 21.4 Å². The predicted octanol–water partition coefficient (Wildman–Crippen LogP) is 1.92. The van der Waals surface area contributed by atoms with Gasteiger partial charge in [-0.15, -0.1) is 0 Å². The van der Waals surface area contributed by atoms with E-state index in [1.165, 1.54) is 0 Å². The normalized spacial score (nSPS) is 18.0. The second kappa shape index (κ2) is 4.77. The minimum Gasteiger partial charge on any atom is -0.392 e. The van der Waals surface area contributed by atoms with Crippen LogP contribution in [0.3, 0.4) is 0 Å². The zero-order chi connectivity index (χ0) is 6.57. The molecular weight excluding hydrogens is 236 g/mol. The Morgan fingerprint density at radius 2 is 2.12 bits per heavy atom. The molecule has 3 heteroatoms. The van der Waals surface area contributed by atoms with E-state index in [9.17, 15) is 0 Å². The molecule has 0 aliphatic carbocycles. The van der Waals surface area contributed by atoms with Gasteiger partial charge in [0.1, 0.15) is 0 Å². The molecule has 50 valence electrons. The molecule has 1 N–H and O–H groups in total. The Morgan fingerprint density at radius 3 is 2.25 bits per heavy atom. The van der Waals surface area contributed by atoms with Gasteiger partial charge in [0.2, 0.25) is 0 Å². The smallest absolute Gasteiger partial charge is 0.0670 e. The van der Waals surface area contributed by atoms with Crippen LogP contribution >= 0.6 is 31.9 Å². The van der Waals surface area contributed by atoms with Gasteiger partial charge in [0.15, 0.2) is 0 Å². The van der Waals surface area contributed by atoms with Crippen LogP contribution in [0.2, 0.25) is 0 Å². The Bertz CT molecular complexity index is 50.4. The number of rotatable bonds is 3. The lowest BCUT2D eigenvalue weighted by molar-refractivity contribution is 0.175. The van der Waals surface area contributed by atoms with Crippen molar-refractivity contribution in [2.75, 3.05) is 5.33 Å². The molecule has 0 aromatic carbocycles. The molecule has 0 unspecified atom stereocenters. The molecule has 2 atom stereocenters. The number of aliphatic hydroxyl groups is 1. The molecule has 0 saturated carbocycles. The van der Waals surface area contributed by atoms with E-state index in [0.29, 0.717) is 0 Å². The van der Waals surface area contributed by atoms with Crippen molar-refractivity contribution in [3.8, 4) is 0 Å². The van der Waals surface area contributed by atoms with Gasteiger partial charge in [0.05, 0.1) is 10.9 Å². The Labute approximate surface area is 66.7 Å². The fraction of sp³-hybridized carbons (Fsp3) is 1.00. The summed E-state index contributed by atoms with van der Waals surface area (Å²) in [5.41, 5.74) is 0. The van der Waals surface area contributed by atoms with Crippen LogP contribution < -0.4 is 0 Å². The van der Waals surface area contributed by atoms with Crippen molar-refractivity contribution in [1.82, 2.24) is 0 Å². The Balaban J connectivity index is 3.29. The summed E-state index contributed by atoms with van der Waals surface area (Å²) in [5, 5.41) is 9.86. The second-order valence-corrected chi connectivity index (χ2v) is 3.47. The largest absolute Gasteiger partial charge is 0.392 e. The van der Waals surface area contributed by atoms with Crippen molar-refractivity contribution in [2.24, 2.45) is 0 Å². The van der Waals surface area contributed by atoms with Gasteiger partial charge >= 0.3 is 0 Å². The van der Waals surface area contributed by atoms with Gasteiger partial charge in [0.25, 0.3) is 0 Å². The third kappa shape index (κ3) is 3.05. The first-order valence-electron chi connectivity index (χ1n) is 2.60. The molecule has 0 heterocycles. The van der Waals surface area contributed by atoms with E-state index < -0.39 is 0 Å². The van der Waals surface area contributed by atoms with Crippen LogP contribution in [0.5, 0.6) is 0 Å². The molecule has 0 aliphatic rings. The Kier molecular flexibility index (Phi) is 5.31. The maximum absolute atomic E-state index is 9.05. The highest BCUT2D eigenvalue weighted by Gasteiger charge is 2.10. The van der Waals surface area contributed by atoms with Crippen LogP contribution in [0.1, 0.15) is 13.3 Å². The molecule has 8 heavy (non-hydrogen) atoms. The second-order valence-electron chi connectivity index (χ2n) is 1.65. The number of alkyl halides is 2. The summed E-state index contributed by atoms with van der Waals surface area (Å²) in [7, 11) is 0. The standard InChI is InChI=1S/C5H10Br2O/c1-2-5(8)4(7)3-6/h4-5,8H,2-3H2,1H3/t4-,5+/m1/s1. The van der Waals surface area contributed by atoms with Gasteiger partial charge in [-0.1, -0.05) is 38.8 Å². The number of halogens is 2. The highest BCUT2D eigenvalue weighted by atomic mass is 79.9. The Hall–Kier alpha value is 0.920. The molecule has 1 nitrogen and oxygen atoms in total. The predicted molar refractivity (Wildman–Crippen MR) is 42.8 cm³/mol. The third-order valence-electron chi connectivity index (χ3n) is 0.983. The maximum Gasteiger partial charge on any atom is 0.0670 e. The summed E-state index contributed by atoms with van der Waals surface area (Å²) in [6, 6.07) is 0. The van der Waals surface area contributed by atoms with E-state index in [0.717, 1.165) is 11.8 Å². The summed E-state index contributed by atoms with van der Waals surface area (Å²) in [5.74, 6) is 0. The quantitative estimate of drug-likeness (QED) is 0.754. The maximum atomic E-state index is 9.05. The first kappa shape index (κ1) is 8.92. The number of aliphatic hydroxyl groups excluding tert-OH is 1. The van der Waals surface area contributed by atoms with Gasteiger partial charge in [-0.2, -0.15) is 0 Å². The van der Waals surface area contributed by atoms with Gasteiger partial charge in [-0.3, -0.25) is 0 Å². The first-order chi connectivity index (χ1) is 3.72. The molecule has 0 saturated heterocycles. The fourth-order valence-corrected chi connectivity index (χ4v) is 1.16. The van der Waals surface area contributed by atoms with Gasteiger partial charge in [0, 0.05) is 5.33 Å². The van der Waals surface area contributed by atoms with Crippen molar-refractivity contribution in [3.63, 3.8) is 0 Å². The third-order valence-corrected chi connectivity index (χ3v) is 3.48. The highest BCUT2D eigenvalue weighted by molar-refractivity contribution is 9.12. The van der Waals surface area contributed by atoms with Crippen LogP contribution in [0, 0.1) is 0 Å². The summed E-state index contributed by atoms with van der Waals surface area (Å²) >= 11 is 6.55. The fourth-order valence-electron chi connectivity index (χ4n) is 0.359. The molecule has 0 spiro atoms. The lowest BCUT2D eigenvalue weighted by Gasteiger charge is -2.10. The minimum atomic E-state index is -0.214. The van der Waals surface area contributed by atoms with E-state index in [2.05, 4.69) is 31.9 Å². The lowest BCUT2D eigenvalue weighted by Crippen LogP contribution is -2.19. The molecule has 0 fully saturated rings.